The predicted molar refractivity (Wildman–Crippen MR) is 60.6 cm³/mol. The lowest BCUT2D eigenvalue weighted by Crippen LogP contribution is -2.29. The van der Waals surface area contributed by atoms with Gasteiger partial charge in [-0.1, -0.05) is 30.3 Å². The molecule has 1 heterocycles. The Hall–Kier alpha value is -1.59. The second kappa shape index (κ2) is 4.29. The standard InChI is InChI=1S/C10H11N3OS/c11-13(10-6-9(14)12-15-10)7-8-4-2-1-3-5-8/h1-6H,7,11H2,(H,12,14). The molecule has 0 fully saturated rings. The number of hydrogen-bond acceptors (Lipinski definition) is 5. The van der Waals surface area contributed by atoms with E-state index in [4.69, 9.17) is 10.9 Å². The maximum absolute atomic E-state index is 9.09. The normalized spacial score (nSPS) is 10.2. The molecule has 0 saturated heterocycles. The Morgan fingerprint density at radius 1 is 1.33 bits per heavy atom. The van der Waals surface area contributed by atoms with Crippen LogP contribution in [0.5, 0.6) is 5.88 Å². The summed E-state index contributed by atoms with van der Waals surface area (Å²) in [4.78, 5) is 0. The summed E-state index contributed by atoms with van der Waals surface area (Å²) in [5.74, 6) is 5.85. The highest BCUT2D eigenvalue weighted by Gasteiger charge is 2.06. The average molecular weight is 221 g/mol. The molecular formula is C10H11N3OS. The molecule has 0 aliphatic rings. The zero-order valence-electron chi connectivity index (χ0n) is 8.00. The molecule has 2 rings (SSSR count). The largest absolute Gasteiger partial charge is 0.493 e. The molecule has 0 aliphatic heterocycles. The Kier molecular flexibility index (Phi) is 2.84. The lowest BCUT2D eigenvalue weighted by atomic mass is 10.2. The van der Waals surface area contributed by atoms with E-state index in [1.54, 1.807) is 11.1 Å². The van der Waals surface area contributed by atoms with E-state index < -0.39 is 0 Å². The van der Waals surface area contributed by atoms with Crippen molar-refractivity contribution in [1.82, 2.24) is 4.37 Å². The van der Waals surface area contributed by atoms with Crippen LogP contribution in [0.15, 0.2) is 36.4 Å². The molecule has 5 heteroatoms. The Morgan fingerprint density at radius 2 is 2.07 bits per heavy atom. The first-order valence-electron chi connectivity index (χ1n) is 4.47. The monoisotopic (exact) mass is 221 g/mol. The highest BCUT2D eigenvalue weighted by molar-refractivity contribution is 7.10. The fourth-order valence-corrected chi connectivity index (χ4v) is 1.82. The minimum absolute atomic E-state index is 0.0125. The molecule has 0 amide bonds. The third-order valence-electron chi connectivity index (χ3n) is 1.96. The summed E-state index contributed by atoms with van der Waals surface area (Å²) >= 11 is 1.18. The number of benzene rings is 1. The number of nitrogens with two attached hydrogens (primary N) is 1. The van der Waals surface area contributed by atoms with Gasteiger partial charge < -0.3 is 5.11 Å². The number of anilines is 1. The lowest BCUT2D eigenvalue weighted by Gasteiger charge is -2.15. The van der Waals surface area contributed by atoms with Crippen molar-refractivity contribution >= 4 is 16.5 Å². The Balaban J connectivity index is 2.07. The van der Waals surface area contributed by atoms with Crippen LogP contribution in [0.1, 0.15) is 5.56 Å². The van der Waals surface area contributed by atoms with Crippen molar-refractivity contribution in [2.24, 2.45) is 5.84 Å². The molecule has 0 spiro atoms. The molecule has 0 unspecified atom stereocenters. The maximum Gasteiger partial charge on any atom is 0.224 e. The van der Waals surface area contributed by atoms with Gasteiger partial charge in [0.2, 0.25) is 5.88 Å². The summed E-state index contributed by atoms with van der Waals surface area (Å²) < 4.78 is 3.75. The van der Waals surface area contributed by atoms with Crippen molar-refractivity contribution in [2.45, 2.75) is 6.54 Å². The van der Waals surface area contributed by atoms with Crippen molar-refractivity contribution in [3.8, 4) is 5.88 Å². The van der Waals surface area contributed by atoms with E-state index in [1.165, 1.54) is 11.5 Å². The Morgan fingerprint density at radius 3 is 2.67 bits per heavy atom. The van der Waals surface area contributed by atoms with E-state index in [-0.39, 0.29) is 5.88 Å². The van der Waals surface area contributed by atoms with Crippen LogP contribution in [0.3, 0.4) is 0 Å². The number of nitrogens with zero attached hydrogens (tertiary/aromatic N) is 2. The summed E-state index contributed by atoms with van der Waals surface area (Å²) in [7, 11) is 0. The zero-order valence-corrected chi connectivity index (χ0v) is 8.81. The molecule has 0 atom stereocenters. The second-order valence-corrected chi connectivity index (χ2v) is 3.92. The Bertz CT molecular complexity index is 429. The third kappa shape index (κ3) is 2.45. The molecule has 0 aliphatic carbocycles. The fraction of sp³-hybridized carbons (Fsp3) is 0.100. The van der Waals surface area contributed by atoms with Crippen LogP contribution in [0.2, 0.25) is 0 Å². The highest BCUT2D eigenvalue weighted by Crippen LogP contribution is 2.23. The van der Waals surface area contributed by atoms with Crippen LogP contribution >= 0.6 is 11.5 Å². The van der Waals surface area contributed by atoms with Crippen molar-refractivity contribution in [3.63, 3.8) is 0 Å². The van der Waals surface area contributed by atoms with Crippen LogP contribution in [0.4, 0.5) is 5.00 Å². The molecule has 2 aromatic rings. The molecule has 3 N–H and O–H groups in total. The summed E-state index contributed by atoms with van der Waals surface area (Å²) in [5.41, 5.74) is 1.12. The van der Waals surface area contributed by atoms with Crippen molar-refractivity contribution < 1.29 is 5.11 Å². The summed E-state index contributed by atoms with van der Waals surface area (Å²) in [6, 6.07) is 11.4. The summed E-state index contributed by atoms with van der Waals surface area (Å²) in [5, 5.41) is 11.4. The maximum atomic E-state index is 9.09. The molecule has 0 saturated carbocycles. The SMILES string of the molecule is NN(Cc1ccccc1)c1cc(O)ns1. The van der Waals surface area contributed by atoms with Gasteiger partial charge in [-0.25, -0.2) is 5.84 Å². The molecule has 4 nitrogen and oxygen atoms in total. The van der Waals surface area contributed by atoms with Crippen LogP contribution in [-0.2, 0) is 6.54 Å². The van der Waals surface area contributed by atoms with Gasteiger partial charge in [0.25, 0.3) is 0 Å². The van der Waals surface area contributed by atoms with Gasteiger partial charge in [0.1, 0.15) is 5.00 Å². The van der Waals surface area contributed by atoms with E-state index in [0.717, 1.165) is 10.6 Å². The minimum atomic E-state index is 0.0125. The first-order valence-corrected chi connectivity index (χ1v) is 5.25. The molecule has 15 heavy (non-hydrogen) atoms. The molecule has 0 radical (unpaired) electrons. The molecule has 1 aromatic carbocycles. The van der Waals surface area contributed by atoms with Crippen molar-refractivity contribution in [3.05, 3.63) is 42.0 Å². The number of hydrogen-bond donors (Lipinski definition) is 2. The number of aromatic nitrogens is 1. The van der Waals surface area contributed by atoms with Crippen LogP contribution in [-0.4, -0.2) is 9.48 Å². The lowest BCUT2D eigenvalue weighted by molar-refractivity contribution is 0.460. The average Bonchev–Trinajstić information content (AvgIpc) is 2.66. The topological polar surface area (TPSA) is 62.4 Å². The first kappa shape index (κ1) is 9.95. The van der Waals surface area contributed by atoms with Crippen LogP contribution in [0, 0.1) is 0 Å². The smallest absolute Gasteiger partial charge is 0.224 e. The van der Waals surface area contributed by atoms with E-state index in [9.17, 15) is 0 Å². The van der Waals surface area contributed by atoms with E-state index in [2.05, 4.69) is 4.37 Å². The second-order valence-electron chi connectivity index (χ2n) is 3.14. The van der Waals surface area contributed by atoms with Crippen LogP contribution in [0.25, 0.3) is 0 Å². The summed E-state index contributed by atoms with van der Waals surface area (Å²) in [6.45, 7) is 0.600. The van der Waals surface area contributed by atoms with Gasteiger partial charge in [0.05, 0.1) is 6.54 Å². The molecule has 78 valence electrons. The zero-order chi connectivity index (χ0) is 10.7. The van der Waals surface area contributed by atoms with Crippen molar-refractivity contribution in [1.29, 1.82) is 0 Å². The molecular weight excluding hydrogens is 210 g/mol. The van der Waals surface area contributed by atoms with Gasteiger partial charge in [-0.05, 0) is 17.1 Å². The van der Waals surface area contributed by atoms with Gasteiger partial charge in [-0.2, -0.15) is 4.37 Å². The van der Waals surface area contributed by atoms with Gasteiger partial charge in [0, 0.05) is 6.07 Å². The van der Waals surface area contributed by atoms with E-state index >= 15 is 0 Å². The van der Waals surface area contributed by atoms with Crippen LogP contribution < -0.4 is 10.9 Å². The van der Waals surface area contributed by atoms with Gasteiger partial charge in [0.15, 0.2) is 0 Å². The minimum Gasteiger partial charge on any atom is -0.493 e. The Labute approximate surface area is 91.7 Å². The number of aromatic hydroxyl groups is 1. The van der Waals surface area contributed by atoms with E-state index in [1.807, 2.05) is 30.3 Å². The predicted octanol–water partition coefficient (Wildman–Crippen LogP) is 1.73. The number of hydrazine groups is 1. The molecule has 1 aromatic heterocycles. The fourth-order valence-electron chi connectivity index (χ4n) is 1.25. The van der Waals surface area contributed by atoms with Gasteiger partial charge in [-0.15, -0.1) is 0 Å². The van der Waals surface area contributed by atoms with E-state index in [0.29, 0.717) is 6.54 Å². The molecule has 0 bridgehead atoms. The van der Waals surface area contributed by atoms with Gasteiger partial charge >= 0.3 is 0 Å². The highest BCUT2D eigenvalue weighted by atomic mass is 32.1. The van der Waals surface area contributed by atoms with Gasteiger partial charge in [-0.3, -0.25) is 5.01 Å². The third-order valence-corrected chi connectivity index (χ3v) is 2.78. The number of rotatable bonds is 3. The first-order chi connectivity index (χ1) is 7.25. The summed E-state index contributed by atoms with van der Waals surface area (Å²) in [6.07, 6.45) is 0. The quantitative estimate of drug-likeness (QED) is 0.612. The van der Waals surface area contributed by atoms with Crippen molar-refractivity contribution in [2.75, 3.05) is 5.01 Å².